The van der Waals surface area contributed by atoms with Crippen molar-refractivity contribution in [3.63, 3.8) is 0 Å². The second-order valence-electron chi connectivity index (χ2n) is 8.14. The first-order chi connectivity index (χ1) is 14.3. The number of benzene rings is 1. The van der Waals surface area contributed by atoms with Crippen molar-refractivity contribution in [2.45, 2.75) is 64.3 Å². The van der Waals surface area contributed by atoms with E-state index in [1.807, 2.05) is 26.0 Å². The summed E-state index contributed by atoms with van der Waals surface area (Å²) in [6.07, 6.45) is 12.3. The van der Waals surface area contributed by atoms with Gasteiger partial charge in [-0.05, 0) is 64.2 Å². The first kappa shape index (κ1) is 23.6. The van der Waals surface area contributed by atoms with Gasteiger partial charge in [-0.1, -0.05) is 49.3 Å². The van der Waals surface area contributed by atoms with Crippen LogP contribution in [0.25, 0.3) is 0 Å². The number of amides is 2. The van der Waals surface area contributed by atoms with Crippen molar-refractivity contribution in [2.75, 3.05) is 6.54 Å². The Morgan fingerprint density at radius 3 is 2.60 bits per heavy atom. The van der Waals surface area contributed by atoms with Gasteiger partial charge in [0.05, 0.1) is 0 Å². The molecule has 0 atom stereocenters. The number of hydrogen-bond donors (Lipinski definition) is 2. The zero-order valence-electron chi connectivity index (χ0n) is 18.1. The second kappa shape index (κ2) is 11.5. The first-order valence-corrected chi connectivity index (χ1v) is 10.7. The summed E-state index contributed by atoms with van der Waals surface area (Å²) < 4.78 is 13.2. The average Bonchev–Trinajstić information content (AvgIpc) is 3.16. The van der Waals surface area contributed by atoms with Crippen LogP contribution >= 0.6 is 0 Å². The molecule has 0 aromatic heterocycles. The molecule has 0 unspecified atom stereocenters. The highest BCUT2D eigenvalue weighted by atomic mass is 19.1. The fourth-order valence-electron chi connectivity index (χ4n) is 3.99. The molecule has 2 N–H and O–H groups in total. The Hall–Kier alpha value is -2.69. The van der Waals surface area contributed by atoms with Crippen LogP contribution in [-0.2, 0) is 4.79 Å². The third-order valence-corrected chi connectivity index (χ3v) is 5.58. The molecule has 1 saturated carbocycles. The SMILES string of the molecule is C=C/C=C(C)\C=C(/C)C(=O)NC1(CCCCNC(=O)c2cccc(F)c2)CCCC1. The lowest BCUT2D eigenvalue weighted by Gasteiger charge is -2.31. The average molecular weight is 413 g/mol. The van der Waals surface area contributed by atoms with Gasteiger partial charge in [-0.2, -0.15) is 0 Å². The van der Waals surface area contributed by atoms with Gasteiger partial charge < -0.3 is 10.6 Å². The van der Waals surface area contributed by atoms with Gasteiger partial charge in [0.1, 0.15) is 5.82 Å². The summed E-state index contributed by atoms with van der Waals surface area (Å²) >= 11 is 0. The maximum Gasteiger partial charge on any atom is 0.251 e. The molecule has 1 aromatic rings. The fraction of sp³-hybridized carbons (Fsp3) is 0.440. The Labute approximate surface area is 179 Å². The van der Waals surface area contributed by atoms with Crippen molar-refractivity contribution in [1.82, 2.24) is 10.6 Å². The quantitative estimate of drug-likeness (QED) is 0.314. The summed E-state index contributed by atoms with van der Waals surface area (Å²) in [5, 5.41) is 6.12. The lowest BCUT2D eigenvalue weighted by molar-refractivity contribution is -0.119. The molecule has 0 aliphatic heterocycles. The molecule has 162 valence electrons. The molecule has 5 heteroatoms. The molecular formula is C25H33FN2O2. The van der Waals surface area contributed by atoms with Gasteiger partial charge in [0, 0.05) is 23.2 Å². The maximum absolute atomic E-state index is 13.2. The van der Waals surface area contributed by atoms with Crippen LogP contribution in [0.2, 0.25) is 0 Å². The molecule has 0 bridgehead atoms. The number of unbranched alkanes of at least 4 members (excludes halogenated alkanes) is 1. The highest BCUT2D eigenvalue weighted by molar-refractivity contribution is 5.94. The Balaban J connectivity index is 1.82. The normalized spacial score (nSPS) is 16.2. The predicted molar refractivity (Wildman–Crippen MR) is 120 cm³/mol. The van der Waals surface area contributed by atoms with Gasteiger partial charge in [0.25, 0.3) is 5.91 Å². The summed E-state index contributed by atoms with van der Waals surface area (Å²) in [6, 6.07) is 5.69. The van der Waals surface area contributed by atoms with E-state index in [2.05, 4.69) is 17.2 Å². The van der Waals surface area contributed by atoms with Crippen LogP contribution in [-0.4, -0.2) is 23.9 Å². The second-order valence-corrected chi connectivity index (χ2v) is 8.14. The van der Waals surface area contributed by atoms with E-state index < -0.39 is 5.82 Å². The van der Waals surface area contributed by atoms with Crippen molar-refractivity contribution in [3.8, 4) is 0 Å². The van der Waals surface area contributed by atoms with E-state index in [1.54, 1.807) is 12.1 Å². The zero-order chi connectivity index (χ0) is 22.0. The fourth-order valence-corrected chi connectivity index (χ4v) is 3.99. The van der Waals surface area contributed by atoms with Crippen LogP contribution in [0, 0.1) is 5.82 Å². The van der Waals surface area contributed by atoms with Crippen LogP contribution in [0.5, 0.6) is 0 Å². The molecule has 1 aliphatic carbocycles. The van der Waals surface area contributed by atoms with Crippen LogP contribution in [0.3, 0.4) is 0 Å². The molecule has 2 rings (SSSR count). The van der Waals surface area contributed by atoms with E-state index >= 15 is 0 Å². The molecule has 0 spiro atoms. The maximum atomic E-state index is 13.2. The molecule has 1 fully saturated rings. The molecular weight excluding hydrogens is 379 g/mol. The zero-order valence-corrected chi connectivity index (χ0v) is 18.1. The van der Waals surface area contributed by atoms with Gasteiger partial charge >= 0.3 is 0 Å². The van der Waals surface area contributed by atoms with E-state index in [9.17, 15) is 14.0 Å². The Kier molecular flexibility index (Phi) is 9.03. The molecule has 2 amide bonds. The molecule has 4 nitrogen and oxygen atoms in total. The molecule has 0 heterocycles. The van der Waals surface area contributed by atoms with Crippen molar-refractivity contribution in [2.24, 2.45) is 0 Å². The van der Waals surface area contributed by atoms with Crippen molar-refractivity contribution in [3.05, 3.63) is 71.6 Å². The summed E-state index contributed by atoms with van der Waals surface area (Å²) in [6.45, 7) is 7.99. The monoisotopic (exact) mass is 412 g/mol. The summed E-state index contributed by atoms with van der Waals surface area (Å²) in [7, 11) is 0. The van der Waals surface area contributed by atoms with Gasteiger partial charge in [0.2, 0.25) is 5.91 Å². The third-order valence-electron chi connectivity index (χ3n) is 5.58. The van der Waals surface area contributed by atoms with Crippen LogP contribution in [0.1, 0.15) is 69.2 Å². The molecule has 0 radical (unpaired) electrons. The number of halogens is 1. The van der Waals surface area contributed by atoms with Crippen molar-refractivity contribution < 1.29 is 14.0 Å². The highest BCUT2D eigenvalue weighted by Crippen LogP contribution is 2.34. The molecule has 1 aromatic carbocycles. The lowest BCUT2D eigenvalue weighted by atomic mass is 9.90. The van der Waals surface area contributed by atoms with Crippen molar-refractivity contribution in [1.29, 1.82) is 0 Å². The Morgan fingerprint density at radius 2 is 1.93 bits per heavy atom. The van der Waals surface area contributed by atoms with Gasteiger partial charge in [-0.3, -0.25) is 9.59 Å². The Bertz CT molecular complexity index is 820. The first-order valence-electron chi connectivity index (χ1n) is 10.7. The number of allylic oxidation sites excluding steroid dienone is 4. The van der Waals surface area contributed by atoms with E-state index in [1.165, 1.54) is 18.2 Å². The number of nitrogens with one attached hydrogen (secondary N) is 2. The number of rotatable bonds is 10. The predicted octanol–water partition coefficient (Wildman–Crippen LogP) is 5.23. The lowest BCUT2D eigenvalue weighted by Crippen LogP contribution is -2.46. The van der Waals surface area contributed by atoms with E-state index in [0.29, 0.717) is 17.7 Å². The van der Waals surface area contributed by atoms with Crippen LogP contribution in [0.15, 0.2) is 60.2 Å². The molecule has 30 heavy (non-hydrogen) atoms. The summed E-state index contributed by atoms with van der Waals surface area (Å²) in [5.74, 6) is -0.698. The van der Waals surface area contributed by atoms with E-state index in [-0.39, 0.29) is 17.4 Å². The topological polar surface area (TPSA) is 58.2 Å². The van der Waals surface area contributed by atoms with E-state index in [0.717, 1.165) is 50.5 Å². The minimum Gasteiger partial charge on any atom is -0.352 e. The minimum atomic E-state index is -0.416. The van der Waals surface area contributed by atoms with Crippen LogP contribution in [0.4, 0.5) is 4.39 Å². The number of carbonyl (C=O) groups excluding carboxylic acids is 2. The standard InChI is InChI=1S/C25H33FN2O2/c1-4-10-19(2)17-20(3)23(29)28-25(13-5-6-14-25)15-7-8-16-27-24(30)21-11-9-12-22(26)18-21/h4,9-12,17-18H,1,5-8,13-16H2,2-3H3,(H,27,30)(H,28,29)/b19-10-,20-17+. The minimum absolute atomic E-state index is 0.0203. The number of hydrogen-bond acceptors (Lipinski definition) is 2. The van der Waals surface area contributed by atoms with Gasteiger partial charge in [0.15, 0.2) is 0 Å². The van der Waals surface area contributed by atoms with Crippen molar-refractivity contribution >= 4 is 11.8 Å². The molecule has 0 saturated heterocycles. The summed E-state index contributed by atoms with van der Waals surface area (Å²) in [4.78, 5) is 24.8. The molecule has 1 aliphatic rings. The third kappa shape index (κ3) is 7.29. The van der Waals surface area contributed by atoms with Gasteiger partial charge in [-0.25, -0.2) is 4.39 Å². The van der Waals surface area contributed by atoms with Gasteiger partial charge in [-0.15, -0.1) is 0 Å². The van der Waals surface area contributed by atoms with Crippen LogP contribution < -0.4 is 10.6 Å². The number of carbonyl (C=O) groups is 2. The largest absolute Gasteiger partial charge is 0.352 e. The smallest absolute Gasteiger partial charge is 0.251 e. The summed E-state index contributed by atoms with van der Waals surface area (Å²) in [5.41, 5.74) is 1.86. The Morgan fingerprint density at radius 1 is 1.20 bits per heavy atom. The highest BCUT2D eigenvalue weighted by Gasteiger charge is 2.34. The van der Waals surface area contributed by atoms with E-state index in [4.69, 9.17) is 0 Å².